The van der Waals surface area contributed by atoms with Crippen molar-refractivity contribution >= 4 is 11.8 Å². The number of piperidine rings is 1. The van der Waals surface area contributed by atoms with Crippen LogP contribution in [0, 0.1) is 12.8 Å². The first-order valence-electron chi connectivity index (χ1n) is 12.6. The minimum Gasteiger partial charge on any atom is -0.457 e. The van der Waals surface area contributed by atoms with Crippen LogP contribution in [0.4, 0.5) is 0 Å². The number of amides is 2. The second kappa shape index (κ2) is 10.4. The quantitative estimate of drug-likeness (QED) is 0.635. The summed E-state index contributed by atoms with van der Waals surface area (Å²) in [6.45, 7) is 10.3. The molecule has 7 heteroatoms. The molecule has 2 saturated heterocycles. The van der Waals surface area contributed by atoms with Gasteiger partial charge in [0.15, 0.2) is 0 Å². The van der Waals surface area contributed by atoms with E-state index >= 15 is 0 Å². The van der Waals surface area contributed by atoms with E-state index in [9.17, 15) is 14.7 Å². The van der Waals surface area contributed by atoms with Gasteiger partial charge in [-0.3, -0.25) is 14.5 Å². The minimum absolute atomic E-state index is 0.118. The van der Waals surface area contributed by atoms with Crippen molar-refractivity contribution in [3.8, 4) is 11.5 Å². The Kier molecular flexibility index (Phi) is 7.47. The Bertz CT molecular complexity index is 1030. The number of likely N-dealkylation sites (tertiary alicyclic amines) is 1. The lowest BCUT2D eigenvalue weighted by Crippen LogP contribution is -2.74. The molecule has 0 unspecified atom stereocenters. The van der Waals surface area contributed by atoms with Crippen molar-refractivity contribution in [2.24, 2.45) is 5.92 Å². The second-order valence-electron chi connectivity index (χ2n) is 10.1. The molecule has 2 fully saturated rings. The summed E-state index contributed by atoms with van der Waals surface area (Å²) in [5.74, 6) is 1.18. The normalized spacial score (nSPS) is 21.3. The van der Waals surface area contributed by atoms with Crippen molar-refractivity contribution < 1.29 is 19.4 Å². The maximum absolute atomic E-state index is 13.2. The molecule has 2 aromatic carbocycles. The largest absolute Gasteiger partial charge is 0.457 e. The molecule has 2 atom stereocenters. The van der Waals surface area contributed by atoms with Crippen molar-refractivity contribution in [2.45, 2.75) is 64.8 Å². The number of piperazine rings is 1. The molecule has 0 aromatic heterocycles. The maximum Gasteiger partial charge on any atom is 0.248 e. The molecule has 0 radical (unpaired) electrons. The number of aliphatic hydroxyl groups is 1. The molecule has 7 nitrogen and oxygen atoms in total. The van der Waals surface area contributed by atoms with Crippen molar-refractivity contribution in [1.82, 2.24) is 15.1 Å². The topological polar surface area (TPSA) is 82.1 Å². The molecular formula is C28H37N3O4. The summed E-state index contributed by atoms with van der Waals surface area (Å²) in [4.78, 5) is 30.5. The third-order valence-electron chi connectivity index (χ3n) is 7.37. The van der Waals surface area contributed by atoms with Gasteiger partial charge in [0.05, 0.1) is 6.10 Å². The zero-order valence-electron chi connectivity index (χ0n) is 21.2. The number of hydrogen-bond donors (Lipinski definition) is 2. The summed E-state index contributed by atoms with van der Waals surface area (Å²) in [6.07, 6.45) is 0.269. The number of carbonyl (C=O) groups excluding carboxylic acids is 2. The number of aliphatic hydroxyl groups excluding tert-OH is 1. The fourth-order valence-corrected chi connectivity index (χ4v) is 5.16. The molecule has 0 bridgehead atoms. The molecule has 0 aliphatic carbocycles. The fourth-order valence-electron chi connectivity index (χ4n) is 5.16. The molecule has 2 aromatic rings. The predicted molar refractivity (Wildman–Crippen MR) is 135 cm³/mol. The van der Waals surface area contributed by atoms with Crippen LogP contribution in [-0.2, 0) is 16.1 Å². The average Bonchev–Trinajstić information content (AvgIpc) is 2.85. The highest BCUT2D eigenvalue weighted by molar-refractivity contribution is 6.00. The molecule has 1 spiro atoms. The lowest BCUT2D eigenvalue weighted by Gasteiger charge is -2.52. The highest BCUT2D eigenvalue weighted by atomic mass is 16.5. The number of hydrogen-bond acceptors (Lipinski definition) is 5. The van der Waals surface area contributed by atoms with Gasteiger partial charge in [0.1, 0.15) is 23.1 Å². The second-order valence-corrected chi connectivity index (χ2v) is 10.1. The van der Waals surface area contributed by atoms with E-state index in [0.29, 0.717) is 19.4 Å². The number of nitrogens with zero attached hydrogens (tertiary/aromatic N) is 2. The van der Waals surface area contributed by atoms with E-state index in [2.05, 4.69) is 22.3 Å². The van der Waals surface area contributed by atoms with E-state index in [1.54, 1.807) is 4.90 Å². The molecule has 4 rings (SSSR count). The van der Waals surface area contributed by atoms with Crippen LogP contribution in [0.15, 0.2) is 48.5 Å². The Balaban J connectivity index is 1.37. The van der Waals surface area contributed by atoms with Gasteiger partial charge < -0.3 is 20.1 Å². The number of likely N-dealkylation sites (N-methyl/N-ethyl adjacent to an activating group) is 1. The average molecular weight is 480 g/mol. The number of aryl methyl sites for hydroxylation is 1. The van der Waals surface area contributed by atoms with Crippen LogP contribution in [-0.4, -0.2) is 64.0 Å². The number of nitrogens with one attached hydrogen (secondary N) is 1. The molecule has 2 N–H and O–H groups in total. The van der Waals surface area contributed by atoms with Crippen molar-refractivity contribution in [2.75, 3.05) is 19.6 Å². The van der Waals surface area contributed by atoms with Crippen LogP contribution >= 0.6 is 0 Å². The summed E-state index contributed by atoms with van der Waals surface area (Å²) < 4.78 is 5.93. The van der Waals surface area contributed by atoms with Gasteiger partial charge in [0, 0.05) is 26.2 Å². The first kappa shape index (κ1) is 25.2. The lowest BCUT2D eigenvalue weighted by molar-refractivity contribution is -0.165. The van der Waals surface area contributed by atoms with E-state index in [1.165, 1.54) is 11.1 Å². The Labute approximate surface area is 208 Å². The zero-order valence-corrected chi connectivity index (χ0v) is 21.2. The zero-order chi connectivity index (χ0) is 25.2. The van der Waals surface area contributed by atoms with Crippen molar-refractivity contribution in [3.63, 3.8) is 0 Å². The van der Waals surface area contributed by atoms with Gasteiger partial charge in [-0.25, -0.2) is 0 Å². The van der Waals surface area contributed by atoms with Gasteiger partial charge in [-0.05, 0) is 62.4 Å². The summed E-state index contributed by atoms with van der Waals surface area (Å²) >= 11 is 0. The molecule has 2 aliphatic rings. The van der Waals surface area contributed by atoms with Crippen LogP contribution in [0.3, 0.4) is 0 Å². The number of ether oxygens (including phenoxy) is 1. The van der Waals surface area contributed by atoms with Crippen molar-refractivity contribution in [3.05, 3.63) is 59.7 Å². The SMILES string of the molecule is CCN1C(=O)[C@@H]([C@H](O)C(C)C)NC(=O)C12CCN(Cc1ccc(Oc3ccc(C)cc3)cc1)CC2. The molecule has 2 aliphatic heterocycles. The molecule has 188 valence electrons. The first-order valence-corrected chi connectivity index (χ1v) is 12.6. The van der Waals surface area contributed by atoms with Crippen LogP contribution in [0.5, 0.6) is 11.5 Å². The third kappa shape index (κ3) is 5.21. The van der Waals surface area contributed by atoms with E-state index in [-0.39, 0.29) is 17.7 Å². The van der Waals surface area contributed by atoms with Gasteiger partial charge in [-0.2, -0.15) is 0 Å². The fraction of sp³-hybridized carbons (Fsp3) is 0.500. The van der Waals surface area contributed by atoms with Crippen LogP contribution in [0.1, 0.15) is 44.7 Å². The van der Waals surface area contributed by atoms with Gasteiger partial charge >= 0.3 is 0 Å². The molecule has 35 heavy (non-hydrogen) atoms. The van der Waals surface area contributed by atoms with E-state index in [0.717, 1.165) is 31.1 Å². The van der Waals surface area contributed by atoms with Gasteiger partial charge in [-0.15, -0.1) is 0 Å². The Morgan fingerprint density at radius 2 is 1.60 bits per heavy atom. The Morgan fingerprint density at radius 3 is 2.14 bits per heavy atom. The summed E-state index contributed by atoms with van der Waals surface area (Å²) in [6, 6.07) is 15.2. The van der Waals surface area contributed by atoms with Crippen LogP contribution < -0.4 is 10.1 Å². The summed E-state index contributed by atoms with van der Waals surface area (Å²) in [7, 11) is 0. The Hall–Kier alpha value is -2.90. The monoisotopic (exact) mass is 479 g/mol. The molecule has 2 amide bonds. The highest BCUT2D eigenvalue weighted by Gasteiger charge is 2.54. The Morgan fingerprint density at radius 1 is 1.03 bits per heavy atom. The number of rotatable bonds is 7. The summed E-state index contributed by atoms with van der Waals surface area (Å²) in [5.41, 5.74) is 1.54. The number of benzene rings is 2. The van der Waals surface area contributed by atoms with Gasteiger partial charge in [0.2, 0.25) is 11.8 Å². The van der Waals surface area contributed by atoms with Crippen molar-refractivity contribution in [1.29, 1.82) is 0 Å². The van der Waals surface area contributed by atoms with E-state index in [4.69, 9.17) is 4.74 Å². The highest BCUT2D eigenvalue weighted by Crippen LogP contribution is 2.34. The third-order valence-corrected chi connectivity index (χ3v) is 7.37. The van der Waals surface area contributed by atoms with Gasteiger partial charge in [-0.1, -0.05) is 43.7 Å². The standard InChI is InChI=1S/C28H37N3O4/c1-5-31-26(33)24(25(32)19(2)3)29-27(34)28(31)14-16-30(17-15-28)18-21-8-12-23(13-9-21)35-22-10-6-20(4)7-11-22/h6-13,19,24-25,32H,5,14-18H2,1-4H3,(H,29,34)/t24-,25-/m1/s1. The molecular weight excluding hydrogens is 442 g/mol. The minimum atomic E-state index is -0.893. The maximum atomic E-state index is 13.2. The lowest BCUT2D eigenvalue weighted by atomic mass is 9.80. The number of carbonyl (C=O) groups is 2. The van der Waals surface area contributed by atoms with E-state index < -0.39 is 17.7 Å². The summed E-state index contributed by atoms with van der Waals surface area (Å²) in [5, 5.41) is 13.3. The smallest absolute Gasteiger partial charge is 0.248 e. The predicted octanol–water partition coefficient (Wildman–Crippen LogP) is 3.49. The molecule has 0 saturated carbocycles. The van der Waals surface area contributed by atoms with Gasteiger partial charge in [0.25, 0.3) is 0 Å². The first-order chi connectivity index (χ1) is 16.7. The van der Waals surface area contributed by atoms with E-state index in [1.807, 2.05) is 64.1 Å². The van der Waals surface area contributed by atoms with Crippen LogP contribution in [0.2, 0.25) is 0 Å². The molecule has 2 heterocycles. The van der Waals surface area contributed by atoms with Crippen LogP contribution in [0.25, 0.3) is 0 Å².